The Morgan fingerprint density at radius 3 is 2.67 bits per heavy atom. The van der Waals surface area contributed by atoms with Crippen LogP contribution in [0, 0.1) is 0 Å². The van der Waals surface area contributed by atoms with Gasteiger partial charge in [-0.05, 0) is 0 Å². The largest absolute Gasteiger partial charge is 0.476 e. The zero-order chi connectivity index (χ0) is 13.5. The fourth-order valence-corrected chi connectivity index (χ4v) is 1.38. The Bertz CT molecular complexity index is 600. The second kappa shape index (κ2) is 3.86. The molecule has 0 amide bonds. The molecule has 2 aromatic rings. The van der Waals surface area contributed by atoms with Crippen molar-refractivity contribution in [3.63, 3.8) is 0 Å². The number of carboxylic acid groups (broad SMARTS) is 1. The molecule has 0 aliphatic carbocycles. The maximum Gasteiger partial charge on any atom is 0.435 e. The summed E-state index contributed by atoms with van der Waals surface area (Å²) in [5.74, 6) is -1.68. The Hall–Kier alpha value is -2.32. The van der Waals surface area contributed by atoms with E-state index < -0.39 is 23.5 Å². The minimum absolute atomic E-state index is 0.298. The predicted molar refractivity (Wildman–Crippen MR) is 50.7 cm³/mol. The first-order chi connectivity index (χ1) is 8.29. The molecule has 0 unspecified atom stereocenters. The minimum Gasteiger partial charge on any atom is -0.476 e. The Kier molecular flexibility index (Phi) is 2.60. The molecule has 0 aromatic carbocycles. The molecule has 2 rings (SSSR count). The van der Waals surface area contributed by atoms with Gasteiger partial charge in [0.1, 0.15) is 0 Å². The number of hydrogen-bond acceptors (Lipinski definition) is 4. The van der Waals surface area contributed by atoms with Crippen LogP contribution in [0.15, 0.2) is 16.8 Å². The molecule has 0 fully saturated rings. The Morgan fingerprint density at radius 1 is 1.50 bits per heavy atom. The third-order valence-corrected chi connectivity index (χ3v) is 2.09. The molecule has 0 spiro atoms. The van der Waals surface area contributed by atoms with Gasteiger partial charge < -0.3 is 9.63 Å². The van der Waals surface area contributed by atoms with Crippen molar-refractivity contribution in [3.05, 3.63) is 23.7 Å². The summed E-state index contributed by atoms with van der Waals surface area (Å²) in [6.07, 6.45) is -3.58. The first kappa shape index (κ1) is 12.1. The van der Waals surface area contributed by atoms with E-state index in [1.54, 1.807) is 0 Å². The van der Waals surface area contributed by atoms with Crippen molar-refractivity contribution in [2.75, 3.05) is 0 Å². The van der Waals surface area contributed by atoms with Crippen LogP contribution in [-0.4, -0.2) is 26.0 Å². The van der Waals surface area contributed by atoms with E-state index in [0.29, 0.717) is 0 Å². The molecule has 2 heterocycles. The molecule has 0 saturated heterocycles. The molecular formula is C9H6F3N3O3. The minimum atomic E-state index is -4.66. The SMILES string of the molecule is Cn1cc(-c2cc(C(=O)O)no2)c(C(F)(F)F)n1. The number of halogens is 3. The number of nitrogens with zero attached hydrogens (tertiary/aromatic N) is 3. The molecule has 0 aliphatic heterocycles. The Morgan fingerprint density at radius 2 is 2.17 bits per heavy atom. The van der Waals surface area contributed by atoms with Gasteiger partial charge in [0, 0.05) is 19.3 Å². The summed E-state index contributed by atoms with van der Waals surface area (Å²) in [5, 5.41) is 15.0. The van der Waals surface area contributed by atoms with Gasteiger partial charge in [0.15, 0.2) is 17.1 Å². The molecular weight excluding hydrogens is 255 g/mol. The first-order valence-electron chi connectivity index (χ1n) is 4.60. The van der Waals surface area contributed by atoms with Crippen LogP contribution in [0.3, 0.4) is 0 Å². The number of aromatic carboxylic acids is 1. The number of rotatable bonds is 2. The quantitative estimate of drug-likeness (QED) is 0.891. The number of hydrogen-bond donors (Lipinski definition) is 1. The summed E-state index contributed by atoms with van der Waals surface area (Å²) >= 11 is 0. The van der Waals surface area contributed by atoms with E-state index in [2.05, 4.69) is 14.8 Å². The van der Waals surface area contributed by atoms with Crippen LogP contribution >= 0.6 is 0 Å². The standard InChI is InChI=1S/C9H6F3N3O3/c1-15-3-4(7(13-15)9(10,11)12)6-2-5(8(16)17)14-18-6/h2-3H,1H3,(H,16,17). The molecule has 2 aromatic heterocycles. The summed E-state index contributed by atoms with van der Waals surface area (Å²) in [6, 6.07) is 0.911. The molecule has 9 heteroatoms. The van der Waals surface area contributed by atoms with Crippen molar-refractivity contribution in [2.24, 2.45) is 7.05 Å². The van der Waals surface area contributed by atoms with Crippen molar-refractivity contribution in [1.29, 1.82) is 0 Å². The summed E-state index contributed by atoms with van der Waals surface area (Å²) in [5.41, 5.74) is -1.98. The summed E-state index contributed by atoms with van der Waals surface area (Å²) in [6.45, 7) is 0. The predicted octanol–water partition coefficient (Wildman–Crippen LogP) is 1.79. The van der Waals surface area contributed by atoms with E-state index >= 15 is 0 Å². The van der Waals surface area contributed by atoms with Gasteiger partial charge in [0.05, 0.1) is 5.56 Å². The number of carboxylic acids is 1. The lowest BCUT2D eigenvalue weighted by Crippen LogP contribution is -2.08. The van der Waals surface area contributed by atoms with Crippen LogP contribution in [0.2, 0.25) is 0 Å². The molecule has 0 saturated carbocycles. The number of aryl methyl sites for hydroxylation is 1. The topological polar surface area (TPSA) is 81.2 Å². The average Bonchev–Trinajstić information content (AvgIpc) is 2.81. The van der Waals surface area contributed by atoms with E-state index in [9.17, 15) is 18.0 Å². The second-order valence-electron chi connectivity index (χ2n) is 3.44. The lowest BCUT2D eigenvalue weighted by Gasteiger charge is -2.02. The zero-order valence-corrected chi connectivity index (χ0v) is 8.89. The Balaban J connectivity index is 2.53. The number of aromatic nitrogens is 3. The number of carbonyl (C=O) groups is 1. The first-order valence-corrected chi connectivity index (χ1v) is 4.60. The molecule has 18 heavy (non-hydrogen) atoms. The van der Waals surface area contributed by atoms with Gasteiger partial charge in [-0.3, -0.25) is 4.68 Å². The highest BCUT2D eigenvalue weighted by Gasteiger charge is 2.38. The smallest absolute Gasteiger partial charge is 0.435 e. The number of alkyl halides is 3. The van der Waals surface area contributed by atoms with Gasteiger partial charge in [0.25, 0.3) is 0 Å². The molecule has 6 nitrogen and oxygen atoms in total. The fourth-order valence-electron chi connectivity index (χ4n) is 1.38. The van der Waals surface area contributed by atoms with E-state index in [-0.39, 0.29) is 11.3 Å². The van der Waals surface area contributed by atoms with Crippen molar-refractivity contribution < 1.29 is 27.6 Å². The molecule has 1 N–H and O–H groups in total. The van der Waals surface area contributed by atoms with Gasteiger partial charge in [-0.1, -0.05) is 5.16 Å². The Labute approximate surface area is 97.6 Å². The van der Waals surface area contributed by atoms with Crippen LogP contribution in [0.5, 0.6) is 0 Å². The molecule has 0 atom stereocenters. The average molecular weight is 261 g/mol. The summed E-state index contributed by atoms with van der Waals surface area (Å²) in [7, 11) is 1.31. The van der Waals surface area contributed by atoms with E-state index in [4.69, 9.17) is 5.11 Å². The summed E-state index contributed by atoms with van der Waals surface area (Å²) < 4.78 is 43.5. The monoisotopic (exact) mass is 261 g/mol. The highest BCUT2D eigenvalue weighted by Crippen LogP contribution is 2.35. The molecule has 0 radical (unpaired) electrons. The normalized spacial score (nSPS) is 11.8. The van der Waals surface area contributed by atoms with Gasteiger partial charge in [0.2, 0.25) is 0 Å². The van der Waals surface area contributed by atoms with Crippen molar-refractivity contribution in [2.45, 2.75) is 6.18 Å². The van der Waals surface area contributed by atoms with Crippen molar-refractivity contribution in [3.8, 4) is 11.3 Å². The van der Waals surface area contributed by atoms with Crippen LogP contribution in [0.4, 0.5) is 13.2 Å². The third kappa shape index (κ3) is 2.06. The van der Waals surface area contributed by atoms with Crippen LogP contribution in [0.25, 0.3) is 11.3 Å². The lowest BCUT2D eigenvalue weighted by molar-refractivity contribution is -0.141. The third-order valence-electron chi connectivity index (χ3n) is 2.09. The van der Waals surface area contributed by atoms with Gasteiger partial charge in [-0.2, -0.15) is 18.3 Å². The molecule has 0 bridgehead atoms. The van der Waals surface area contributed by atoms with Crippen molar-refractivity contribution >= 4 is 5.97 Å². The van der Waals surface area contributed by atoms with E-state index in [0.717, 1.165) is 16.9 Å². The molecule has 0 aliphatic rings. The second-order valence-corrected chi connectivity index (χ2v) is 3.44. The maximum atomic E-state index is 12.7. The highest BCUT2D eigenvalue weighted by molar-refractivity contribution is 5.86. The molecule has 96 valence electrons. The van der Waals surface area contributed by atoms with Gasteiger partial charge >= 0.3 is 12.1 Å². The lowest BCUT2D eigenvalue weighted by atomic mass is 10.2. The van der Waals surface area contributed by atoms with Crippen LogP contribution in [-0.2, 0) is 13.2 Å². The van der Waals surface area contributed by atoms with E-state index in [1.807, 2.05) is 0 Å². The van der Waals surface area contributed by atoms with Gasteiger partial charge in [-0.15, -0.1) is 0 Å². The maximum absolute atomic E-state index is 12.7. The van der Waals surface area contributed by atoms with Crippen LogP contribution in [0.1, 0.15) is 16.2 Å². The highest BCUT2D eigenvalue weighted by atomic mass is 19.4. The summed E-state index contributed by atoms with van der Waals surface area (Å²) in [4.78, 5) is 10.6. The zero-order valence-electron chi connectivity index (χ0n) is 8.89. The van der Waals surface area contributed by atoms with E-state index in [1.165, 1.54) is 7.05 Å². The fraction of sp³-hybridized carbons (Fsp3) is 0.222. The van der Waals surface area contributed by atoms with Crippen molar-refractivity contribution in [1.82, 2.24) is 14.9 Å². The van der Waals surface area contributed by atoms with Crippen LogP contribution < -0.4 is 0 Å². The van der Waals surface area contributed by atoms with Gasteiger partial charge in [-0.25, -0.2) is 4.79 Å².